The molecule has 1 saturated heterocycles. The molecule has 1 aliphatic heterocycles. The lowest BCUT2D eigenvalue weighted by Crippen LogP contribution is -2.40. The number of pyridine rings is 1. The molecule has 0 spiro atoms. The highest BCUT2D eigenvalue weighted by molar-refractivity contribution is 5.63. The van der Waals surface area contributed by atoms with Gasteiger partial charge in [0.1, 0.15) is 0 Å². The summed E-state index contributed by atoms with van der Waals surface area (Å²) in [6, 6.07) is 4.21. The molecule has 0 bridgehead atoms. The fraction of sp³-hybridized carbons (Fsp3) is 0.556. The lowest BCUT2D eigenvalue weighted by atomic mass is 9.89. The second-order valence-electron chi connectivity index (χ2n) is 7.34. The first-order valence-electron chi connectivity index (χ1n) is 8.64. The van der Waals surface area contributed by atoms with E-state index in [4.69, 9.17) is 11.5 Å². The van der Waals surface area contributed by atoms with Crippen molar-refractivity contribution in [3.05, 3.63) is 36.3 Å². The van der Waals surface area contributed by atoms with Crippen LogP contribution in [0, 0.1) is 5.92 Å². The number of nitrogens with two attached hydrogens (primary N) is 2. The van der Waals surface area contributed by atoms with E-state index in [-0.39, 0.29) is 5.54 Å². The number of hydrogen-bond donors (Lipinski definition) is 2. The van der Waals surface area contributed by atoms with Crippen LogP contribution in [0.25, 0.3) is 0 Å². The summed E-state index contributed by atoms with van der Waals surface area (Å²) in [5, 5.41) is 4.58. The van der Waals surface area contributed by atoms with E-state index in [2.05, 4.69) is 52.6 Å². The number of aromatic nitrogens is 3. The standard InChI is InChI=1S/C18H28N6/c1-13(10-19)18(2,3)24-17(16(20)11-22-24)23-9-6-15(12-23)14-4-7-21-8-5-14/h4-5,7-8,11,13,15H,6,9-10,12,19-20H2,1-3H3. The molecule has 3 rings (SSSR count). The highest BCUT2D eigenvalue weighted by Crippen LogP contribution is 2.37. The molecular formula is C18H28N6. The zero-order valence-electron chi connectivity index (χ0n) is 14.8. The summed E-state index contributed by atoms with van der Waals surface area (Å²) in [7, 11) is 0. The topological polar surface area (TPSA) is 86.0 Å². The van der Waals surface area contributed by atoms with Crippen LogP contribution in [0.4, 0.5) is 11.5 Å². The number of rotatable bonds is 5. The number of anilines is 2. The number of nitrogens with zero attached hydrogens (tertiary/aromatic N) is 4. The average molecular weight is 328 g/mol. The molecule has 2 aromatic heterocycles. The van der Waals surface area contributed by atoms with Crippen LogP contribution in [0.1, 0.15) is 38.7 Å². The van der Waals surface area contributed by atoms with E-state index in [1.54, 1.807) is 6.20 Å². The van der Waals surface area contributed by atoms with Crippen molar-refractivity contribution in [2.45, 2.75) is 38.6 Å². The van der Waals surface area contributed by atoms with E-state index in [0.29, 0.717) is 18.4 Å². The Balaban J connectivity index is 1.87. The summed E-state index contributed by atoms with van der Waals surface area (Å²) in [4.78, 5) is 6.48. The maximum atomic E-state index is 6.28. The van der Waals surface area contributed by atoms with E-state index in [1.165, 1.54) is 5.56 Å². The largest absolute Gasteiger partial charge is 0.394 e. The maximum absolute atomic E-state index is 6.28. The number of nitrogen functional groups attached to an aromatic ring is 1. The van der Waals surface area contributed by atoms with E-state index >= 15 is 0 Å². The zero-order valence-corrected chi connectivity index (χ0v) is 14.8. The first kappa shape index (κ1) is 16.8. The molecule has 0 saturated carbocycles. The Morgan fingerprint density at radius 1 is 1.33 bits per heavy atom. The fourth-order valence-electron chi connectivity index (χ4n) is 3.45. The Morgan fingerprint density at radius 3 is 2.71 bits per heavy atom. The monoisotopic (exact) mass is 328 g/mol. The Labute approximate surface area is 143 Å². The van der Waals surface area contributed by atoms with Gasteiger partial charge in [0.15, 0.2) is 5.82 Å². The van der Waals surface area contributed by atoms with Crippen LogP contribution >= 0.6 is 0 Å². The molecule has 6 heteroatoms. The molecule has 130 valence electrons. The third-order valence-corrected chi connectivity index (χ3v) is 5.54. The highest BCUT2D eigenvalue weighted by Gasteiger charge is 2.34. The molecule has 1 aliphatic rings. The molecule has 2 aromatic rings. The second-order valence-corrected chi connectivity index (χ2v) is 7.34. The Kier molecular flexibility index (Phi) is 4.49. The van der Waals surface area contributed by atoms with Gasteiger partial charge in [0.2, 0.25) is 0 Å². The average Bonchev–Trinajstić information content (AvgIpc) is 3.21. The van der Waals surface area contributed by atoms with Gasteiger partial charge in [-0.25, -0.2) is 4.68 Å². The van der Waals surface area contributed by atoms with Crippen molar-refractivity contribution in [3.63, 3.8) is 0 Å². The molecule has 1 fully saturated rings. The van der Waals surface area contributed by atoms with Crippen LogP contribution in [-0.2, 0) is 5.54 Å². The summed E-state index contributed by atoms with van der Waals surface area (Å²) in [6.45, 7) is 9.06. The SMILES string of the molecule is CC(CN)C(C)(C)n1ncc(N)c1N1CCC(c2ccncc2)C1. The predicted molar refractivity (Wildman–Crippen MR) is 98.0 cm³/mol. The predicted octanol–water partition coefficient (Wildman–Crippen LogP) is 2.18. The van der Waals surface area contributed by atoms with Gasteiger partial charge in [0.25, 0.3) is 0 Å². The molecule has 0 amide bonds. The van der Waals surface area contributed by atoms with Crippen LogP contribution in [0.2, 0.25) is 0 Å². The van der Waals surface area contributed by atoms with Crippen molar-refractivity contribution >= 4 is 11.5 Å². The molecule has 24 heavy (non-hydrogen) atoms. The van der Waals surface area contributed by atoms with Crippen molar-refractivity contribution in [1.29, 1.82) is 0 Å². The third kappa shape index (κ3) is 2.86. The first-order chi connectivity index (χ1) is 11.4. The molecule has 4 N–H and O–H groups in total. The molecule has 0 aliphatic carbocycles. The van der Waals surface area contributed by atoms with E-state index in [0.717, 1.165) is 31.0 Å². The molecule has 3 heterocycles. The summed E-state index contributed by atoms with van der Waals surface area (Å²) in [5.74, 6) is 1.83. The normalized spacial score (nSPS) is 19.7. The van der Waals surface area contributed by atoms with Crippen LogP contribution < -0.4 is 16.4 Å². The molecule has 2 atom stereocenters. The van der Waals surface area contributed by atoms with Gasteiger partial charge in [-0.15, -0.1) is 0 Å². The van der Waals surface area contributed by atoms with Crippen LogP contribution in [0.15, 0.2) is 30.7 Å². The Bertz CT molecular complexity index is 678. The zero-order chi connectivity index (χ0) is 17.3. The summed E-state index contributed by atoms with van der Waals surface area (Å²) < 4.78 is 2.06. The quantitative estimate of drug-likeness (QED) is 0.878. The van der Waals surface area contributed by atoms with Gasteiger partial charge in [-0.1, -0.05) is 6.92 Å². The van der Waals surface area contributed by atoms with Crippen LogP contribution in [-0.4, -0.2) is 34.4 Å². The van der Waals surface area contributed by atoms with Crippen molar-refractivity contribution < 1.29 is 0 Å². The van der Waals surface area contributed by atoms with Gasteiger partial charge in [-0.05, 0) is 50.4 Å². The number of hydrogen-bond acceptors (Lipinski definition) is 5. The van der Waals surface area contributed by atoms with Crippen LogP contribution in [0.5, 0.6) is 0 Å². The van der Waals surface area contributed by atoms with E-state index < -0.39 is 0 Å². The van der Waals surface area contributed by atoms with Gasteiger partial charge in [0, 0.05) is 31.4 Å². The van der Waals surface area contributed by atoms with Crippen molar-refractivity contribution in [3.8, 4) is 0 Å². The van der Waals surface area contributed by atoms with E-state index in [9.17, 15) is 0 Å². The minimum atomic E-state index is -0.184. The van der Waals surface area contributed by atoms with Gasteiger partial charge in [0.05, 0.1) is 17.4 Å². The van der Waals surface area contributed by atoms with Crippen molar-refractivity contribution in [2.75, 3.05) is 30.3 Å². The Morgan fingerprint density at radius 2 is 2.04 bits per heavy atom. The van der Waals surface area contributed by atoms with Gasteiger partial charge in [-0.3, -0.25) is 4.98 Å². The van der Waals surface area contributed by atoms with Crippen LogP contribution in [0.3, 0.4) is 0 Å². The highest BCUT2D eigenvalue weighted by atomic mass is 15.4. The maximum Gasteiger partial charge on any atom is 0.150 e. The molecule has 0 radical (unpaired) electrons. The summed E-state index contributed by atoms with van der Waals surface area (Å²) >= 11 is 0. The minimum absolute atomic E-state index is 0.184. The van der Waals surface area contributed by atoms with Gasteiger partial charge < -0.3 is 16.4 Å². The molecule has 2 unspecified atom stereocenters. The van der Waals surface area contributed by atoms with Gasteiger partial charge in [-0.2, -0.15) is 5.10 Å². The van der Waals surface area contributed by atoms with Gasteiger partial charge >= 0.3 is 0 Å². The lowest BCUT2D eigenvalue weighted by molar-refractivity contribution is 0.217. The molecule has 0 aromatic carbocycles. The lowest BCUT2D eigenvalue weighted by Gasteiger charge is -2.35. The fourth-order valence-corrected chi connectivity index (χ4v) is 3.45. The molecule has 6 nitrogen and oxygen atoms in total. The third-order valence-electron chi connectivity index (χ3n) is 5.54. The Hall–Kier alpha value is -2.08. The summed E-state index contributed by atoms with van der Waals surface area (Å²) in [6.07, 6.45) is 6.60. The second kappa shape index (κ2) is 6.43. The summed E-state index contributed by atoms with van der Waals surface area (Å²) in [5.41, 5.74) is 14.1. The smallest absolute Gasteiger partial charge is 0.150 e. The molecular weight excluding hydrogens is 300 g/mol. The van der Waals surface area contributed by atoms with Crippen molar-refractivity contribution in [1.82, 2.24) is 14.8 Å². The minimum Gasteiger partial charge on any atom is -0.394 e. The first-order valence-corrected chi connectivity index (χ1v) is 8.64. The van der Waals surface area contributed by atoms with Crippen molar-refractivity contribution in [2.24, 2.45) is 11.7 Å². The van der Waals surface area contributed by atoms with E-state index in [1.807, 2.05) is 12.4 Å².